The molecule has 0 radical (unpaired) electrons. The fourth-order valence-electron chi connectivity index (χ4n) is 3.38. The van der Waals surface area contributed by atoms with Gasteiger partial charge in [-0.2, -0.15) is 0 Å². The molecular formula is C23H36N4O4. The quantitative estimate of drug-likeness (QED) is 0.637. The van der Waals surface area contributed by atoms with Gasteiger partial charge in [0.05, 0.1) is 13.1 Å². The summed E-state index contributed by atoms with van der Waals surface area (Å²) < 4.78 is 5.52. The largest absolute Gasteiger partial charge is 0.444 e. The van der Waals surface area contributed by atoms with Gasteiger partial charge in [-0.3, -0.25) is 14.6 Å². The van der Waals surface area contributed by atoms with Crippen molar-refractivity contribution < 1.29 is 19.1 Å². The molecule has 1 aliphatic rings. The van der Waals surface area contributed by atoms with E-state index in [0.29, 0.717) is 39.0 Å². The Labute approximate surface area is 185 Å². The molecule has 172 valence electrons. The van der Waals surface area contributed by atoms with Crippen molar-refractivity contribution in [3.63, 3.8) is 0 Å². The van der Waals surface area contributed by atoms with E-state index in [4.69, 9.17) is 4.74 Å². The van der Waals surface area contributed by atoms with Gasteiger partial charge in [0.2, 0.25) is 11.8 Å². The first-order valence-corrected chi connectivity index (χ1v) is 11.2. The van der Waals surface area contributed by atoms with E-state index in [2.05, 4.69) is 10.3 Å². The normalized spacial score (nSPS) is 15.1. The minimum absolute atomic E-state index is 0.0578. The van der Waals surface area contributed by atoms with Gasteiger partial charge in [-0.15, -0.1) is 0 Å². The van der Waals surface area contributed by atoms with Gasteiger partial charge >= 0.3 is 6.09 Å². The molecule has 1 aliphatic heterocycles. The second-order valence-corrected chi connectivity index (χ2v) is 8.95. The Morgan fingerprint density at radius 1 is 1.23 bits per heavy atom. The summed E-state index contributed by atoms with van der Waals surface area (Å²) in [6.45, 7) is 7.49. The van der Waals surface area contributed by atoms with Crippen molar-refractivity contribution in [2.24, 2.45) is 0 Å². The van der Waals surface area contributed by atoms with E-state index < -0.39 is 11.7 Å². The smallest absolute Gasteiger partial charge is 0.410 e. The van der Waals surface area contributed by atoms with Gasteiger partial charge < -0.3 is 19.9 Å². The predicted molar refractivity (Wildman–Crippen MR) is 118 cm³/mol. The highest BCUT2D eigenvalue weighted by atomic mass is 16.6. The van der Waals surface area contributed by atoms with Crippen LogP contribution in [0.3, 0.4) is 0 Å². The standard InChI is InChI=1S/C23H36N4O4/c1-23(2,3)31-22(30)27(17-19-10-8-12-24-16-19)15-9-13-25-20(28)18-26-14-7-5-4-6-11-21(26)29/h8,10,12,16H,4-7,9,11,13-15,17-18H2,1-3H3,(H,25,28). The van der Waals surface area contributed by atoms with Gasteiger partial charge in [0.15, 0.2) is 0 Å². The Kier molecular flexibility index (Phi) is 9.75. The van der Waals surface area contributed by atoms with Crippen LogP contribution < -0.4 is 5.32 Å². The molecule has 31 heavy (non-hydrogen) atoms. The predicted octanol–water partition coefficient (Wildman–Crippen LogP) is 3.12. The second kappa shape index (κ2) is 12.3. The van der Waals surface area contributed by atoms with Crippen molar-refractivity contribution >= 4 is 17.9 Å². The van der Waals surface area contributed by atoms with Gasteiger partial charge in [0.25, 0.3) is 0 Å². The topological polar surface area (TPSA) is 91.8 Å². The highest BCUT2D eigenvalue weighted by Crippen LogP contribution is 2.13. The van der Waals surface area contributed by atoms with Crippen LogP contribution in [0.1, 0.15) is 64.9 Å². The number of nitrogens with zero attached hydrogens (tertiary/aromatic N) is 3. The Morgan fingerprint density at radius 3 is 2.71 bits per heavy atom. The maximum Gasteiger partial charge on any atom is 0.410 e. The number of likely N-dealkylation sites (tertiary alicyclic amines) is 1. The summed E-state index contributed by atoms with van der Waals surface area (Å²) >= 11 is 0. The van der Waals surface area contributed by atoms with Gasteiger partial charge in [0.1, 0.15) is 5.60 Å². The Bertz CT molecular complexity index is 718. The zero-order valence-corrected chi connectivity index (χ0v) is 19.1. The molecule has 0 bridgehead atoms. The van der Waals surface area contributed by atoms with Crippen LogP contribution in [0.15, 0.2) is 24.5 Å². The third kappa shape index (κ3) is 9.81. The van der Waals surface area contributed by atoms with Crippen LogP contribution in [-0.4, -0.2) is 64.5 Å². The zero-order chi connectivity index (χ0) is 22.7. The molecule has 3 amide bonds. The molecule has 0 saturated carbocycles. The van der Waals surface area contributed by atoms with E-state index in [1.807, 2.05) is 32.9 Å². The molecule has 1 aromatic rings. The fraction of sp³-hybridized carbons (Fsp3) is 0.652. The van der Waals surface area contributed by atoms with Gasteiger partial charge in [-0.1, -0.05) is 18.9 Å². The lowest BCUT2D eigenvalue weighted by Crippen LogP contribution is -2.42. The van der Waals surface area contributed by atoms with Crippen LogP contribution >= 0.6 is 0 Å². The lowest BCUT2D eigenvalue weighted by molar-refractivity contribution is -0.136. The number of ether oxygens (including phenoxy) is 1. The van der Waals surface area contributed by atoms with Crippen LogP contribution in [0.4, 0.5) is 4.79 Å². The zero-order valence-electron chi connectivity index (χ0n) is 19.1. The van der Waals surface area contributed by atoms with E-state index in [9.17, 15) is 14.4 Å². The second-order valence-electron chi connectivity index (χ2n) is 8.95. The van der Waals surface area contributed by atoms with Crippen LogP contribution in [0.5, 0.6) is 0 Å². The van der Waals surface area contributed by atoms with Crippen molar-refractivity contribution in [1.29, 1.82) is 0 Å². The molecule has 0 unspecified atom stereocenters. The number of rotatable bonds is 8. The number of nitrogens with one attached hydrogen (secondary N) is 1. The lowest BCUT2D eigenvalue weighted by Gasteiger charge is -2.27. The molecular weight excluding hydrogens is 396 g/mol. The number of carbonyl (C=O) groups is 3. The lowest BCUT2D eigenvalue weighted by atomic mass is 10.1. The number of amides is 3. The van der Waals surface area contributed by atoms with Gasteiger partial charge in [0, 0.05) is 38.4 Å². The van der Waals surface area contributed by atoms with E-state index in [1.165, 1.54) is 0 Å². The molecule has 8 heteroatoms. The number of aromatic nitrogens is 1. The third-order valence-corrected chi connectivity index (χ3v) is 4.93. The SMILES string of the molecule is CC(C)(C)OC(=O)N(CCCNC(=O)CN1CCCCCCC1=O)Cc1cccnc1. The fourth-order valence-corrected chi connectivity index (χ4v) is 3.38. The highest BCUT2D eigenvalue weighted by molar-refractivity contribution is 5.84. The molecule has 0 aromatic carbocycles. The molecule has 8 nitrogen and oxygen atoms in total. The number of carbonyl (C=O) groups excluding carboxylic acids is 3. The first-order valence-electron chi connectivity index (χ1n) is 11.2. The van der Waals surface area contributed by atoms with Crippen molar-refractivity contribution in [3.8, 4) is 0 Å². The van der Waals surface area contributed by atoms with Crippen molar-refractivity contribution in [2.75, 3.05) is 26.2 Å². The summed E-state index contributed by atoms with van der Waals surface area (Å²) in [6, 6.07) is 3.74. The summed E-state index contributed by atoms with van der Waals surface area (Å²) in [5.74, 6) is -0.104. The van der Waals surface area contributed by atoms with E-state index in [0.717, 1.165) is 31.2 Å². The summed E-state index contributed by atoms with van der Waals surface area (Å²) in [6.07, 6.45) is 8.14. The Hall–Kier alpha value is -2.64. The van der Waals surface area contributed by atoms with Gasteiger partial charge in [-0.05, 0) is 51.7 Å². The van der Waals surface area contributed by atoms with E-state index >= 15 is 0 Å². The minimum atomic E-state index is -0.586. The maximum absolute atomic E-state index is 12.6. The summed E-state index contributed by atoms with van der Waals surface area (Å²) in [5, 5.41) is 2.87. The first kappa shape index (κ1) is 24.6. The third-order valence-electron chi connectivity index (χ3n) is 4.93. The molecule has 2 rings (SSSR count). The van der Waals surface area contributed by atoms with Crippen LogP contribution in [-0.2, 0) is 20.9 Å². The summed E-state index contributed by atoms with van der Waals surface area (Å²) in [5.41, 5.74) is 0.324. The molecule has 0 aliphatic carbocycles. The molecule has 1 fully saturated rings. The minimum Gasteiger partial charge on any atom is -0.444 e. The number of hydrogen-bond acceptors (Lipinski definition) is 5. The van der Waals surface area contributed by atoms with E-state index in [-0.39, 0.29) is 18.4 Å². The number of hydrogen-bond donors (Lipinski definition) is 1. The van der Waals surface area contributed by atoms with Crippen molar-refractivity contribution in [1.82, 2.24) is 20.1 Å². The maximum atomic E-state index is 12.6. The van der Waals surface area contributed by atoms with Crippen molar-refractivity contribution in [2.45, 2.75) is 71.4 Å². The first-order chi connectivity index (χ1) is 14.7. The van der Waals surface area contributed by atoms with Crippen LogP contribution in [0.2, 0.25) is 0 Å². The Balaban J connectivity index is 1.81. The average Bonchev–Trinajstić information content (AvgIpc) is 2.69. The Morgan fingerprint density at radius 2 is 2.00 bits per heavy atom. The summed E-state index contributed by atoms with van der Waals surface area (Å²) in [4.78, 5) is 44.4. The molecule has 0 atom stereocenters. The average molecular weight is 433 g/mol. The van der Waals surface area contributed by atoms with E-state index in [1.54, 1.807) is 22.2 Å². The van der Waals surface area contributed by atoms with Crippen LogP contribution in [0, 0.1) is 0 Å². The molecule has 1 N–H and O–H groups in total. The monoisotopic (exact) mass is 432 g/mol. The molecule has 0 spiro atoms. The number of pyridine rings is 1. The molecule has 1 aromatic heterocycles. The van der Waals surface area contributed by atoms with Gasteiger partial charge in [-0.25, -0.2) is 4.79 Å². The van der Waals surface area contributed by atoms with Crippen molar-refractivity contribution in [3.05, 3.63) is 30.1 Å². The summed E-state index contributed by atoms with van der Waals surface area (Å²) in [7, 11) is 0. The molecule has 1 saturated heterocycles. The molecule has 2 heterocycles. The van der Waals surface area contributed by atoms with Crippen LogP contribution in [0.25, 0.3) is 0 Å². The highest BCUT2D eigenvalue weighted by Gasteiger charge is 2.22.